The Labute approximate surface area is 242 Å². The SMILES string of the molecule is CCCCc1ccc(C(=O)N(CCCOC)C(CC)c2nc3ccccc3c(=O)n2-c2ccc(OCC)cc2)cc1. The molecule has 216 valence electrons. The molecule has 0 N–H and O–H groups in total. The van der Waals surface area contributed by atoms with Gasteiger partial charge in [-0.2, -0.15) is 0 Å². The predicted octanol–water partition coefficient (Wildman–Crippen LogP) is 6.76. The van der Waals surface area contributed by atoms with E-state index in [9.17, 15) is 9.59 Å². The van der Waals surface area contributed by atoms with Crippen LogP contribution in [0.25, 0.3) is 16.6 Å². The second-order valence-electron chi connectivity index (χ2n) is 10.1. The molecule has 0 bridgehead atoms. The predicted molar refractivity (Wildman–Crippen MR) is 164 cm³/mol. The number of rotatable bonds is 14. The zero-order chi connectivity index (χ0) is 29.2. The van der Waals surface area contributed by atoms with Crippen molar-refractivity contribution in [1.29, 1.82) is 0 Å². The number of nitrogens with zero attached hydrogens (tertiary/aromatic N) is 3. The fraction of sp³-hybridized carbons (Fsp3) is 0.382. The molecule has 4 aromatic rings. The lowest BCUT2D eigenvalue weighted by atomic mass is 10.0. The number of fused-ring (bicyclic) bond motifs is 1. The number of carbonyl (C=O) groups excluding carboxylic acids is 1. The Bertz CT molecular complexity index is 1480. The van der Waals surface area contributed by atoms with Gasteiger partial charge >= 0.3 is 0 Å². The number of amides is 1. The second-order valence-corrected chi connectivity index (χ2v) is 10.1. The topological polar surface area (TPSA) is 73.7 Å². The number of hydrogen-bond acceptors (Lipinski definition) is 5. The molecule has 0 aliphatic heterocycles. The molecule has 0 aliphatic rings. The molecule has 1 unspecified atom stereocenters. The Morgan fingerprint density at radius 1 is 0.951 bits per heavy atom. The van der Waals surface area contributed by atoms with Crippen molar-refractivity contribution in [3.63, 3.8) is 0 Å². The average molecular weight is 556 g/mol. The van der Waals surface area contributed by atoms with Crippen LogP contribution in [0.4, 0.5) is 0 Å². The van der Waals surface area contributed by atoms with Gasteiger partial charge in [0.15, 0.2) is 0 Å². The van der Waals surface area contributed by atoms with E-state index in [4.69, 9.17) is 14.5 Å². The van der Waals surface area contributed by atoms with Gasteiger partial charge in [0.2, 0.25) is 0 Å². The van der Waals surface area contributed by atoms with Gasteiger partial charge in [-0.25, -0.2) is 4.98 Å². The second kappa shape index (κ2) is 14.6. The number of carbonyl (C=O) groups is 1. The minimum atomic E-state index is -0.442. The molecule has 3 aromatic carbocycles. The molecular formula is C34H41N3O4. The summed E-state index contributed by atoms with van der Waals surface area (Å²) in [5.41, 5.74) is 2.96. The average Bonchev–Trinajstić information content (AvgIpc) is 3.00. The zero-order valence-corrected chi connectivity index (χ0v) is 24.6. The lowest BCUT2D eigenvalue weighted by Gasteiger charge is -2.32. The first-order chi connectivity index (χ1) is 20.0. The van der Waals surface area contributed by atoms with Crippen LogP contribution in [-0.4, -0.2) is 47.2 Å². The minimum absolute atomic E-state index is 0.0874. The molecule has 0 fully saturated rings. The summed E-state index contributed by atoms with van der Waals surface area (Å²) in [5, 5.41) is 0.528. The van der Waals surface area contributed by atoms with E-state index in [1.165, 1.54) is 5.56 Å². The number of aryl methyl sites for hydroxylation is 1. The third kappa shape index (κ3) is 7.03. The standard InChI is InChI=1S/C34H41N3O4/c1-5-8-12-25-15-17-26(18-16-25)33(38)36(23-11-24-40-4)31(6-2)32-35-30-14-10-9-13-29(30)34(39)37(32)27-19-21-28(22-20-27)41-7-3/h9-10,13-22,31H,5-8,11-12,23-24H2,1-4H3. The maximum Gasteiger partial charge on any atom is 0.266 e. The molecule has 0 saturated carbocycles. The molecule has 1 atom stereocenters. The molecule has 0 radical (unpaired) electrons. The van der Waals surface area contributed by atoms with Crippen molar-refractivity contribution >= 4 is 16.8 Å². The molecule has 1 aromatic heterocycles. The third-order valence-corrected chi connectivity index (χ3v) is 7.30. The quantitative estimate of drug-likeness (QED) is 0.161. The van der Waals surface area contributed by atoms with E-state index >= 15 is 0 Å². The number of aromatic nitrogens is 2. The van der Waals surface area contributed by atoms with Crippen LogP contribution in [0.5, 0.6) is 5.75 Å². The molecule has 0 saturated heterocycles. The summed E-state index contributed by atoms with van der Waals surface area (Å²) in [4.78, 5) is 35.0. The van der Waals surface area contributed by atoms with E-state index < -0.39 is 6.04 Å². The smallest absolute Gasteiger partial charge is 0.266 e. The number of hydrogen-bond donors (Lipinski definition) is 0. The van der Waals surface area contributed by atoms with Gasteiger partial charge in [0.1, 0.15) is 11.6 Å². The van der Waals surface area contributed by atoms with E-state index in [0.717, 1.165) is 25.0 Å². The Morgan fingerprint density at radius 3 is 2.34 bits per heavy atom. The van der Waals surface area contributed by atoms with Crippen LogP contribution in [0.1, 0.15) is 74.2 Å². The van der Waals surface area contributed by atoms with Crippen LogP contribution in [0.3, 0.4) is 0 Å². The Balaban J connectivity index is 1.83. The Kier molecular flexibility index (Phi) is 10.7. The highest BCUT2D eigenvalue weighted by atomic mass is 16.5. The fourth-order valence-electron chi connectivity index (χ4n) is 5.16. The highest BCUT2D eigenvalue weighted by molar-refractivity contribution is 5.94. The van der Waals surface area contributed by atoms with Gasteiger partial charge in [-0.15, -0.1) is 0 Å². The summed E-state index contributed by atoms with van der Waals surface area (Å²) in [6.07, 6.45) is 4.48. The number of benzene rings is 3. The lowest BCUT2D eigenvalue weighted by Crippen LogP contribution is -2.39. The lowest BCUT2D eigenvalue weighted by molar-refractivity contribution is 0.0634. The molecule has 1 amide bonds. The summed E-state index contributed by atoms with van der Waals surface area (Å²) in [6, 6.07) is 22.3. The molecule has 4 rings (SSSR count). The summed E-state index contributed by atoms with van der Waals surface area (Å²) >= 11 is 0. The minimum Gasteiger partial charge on any atom is -0.494 e. The van der Waals surface area contributed by atoms with Crippen LogP contribution in [-0.2, 0) is 11.2 Å². The van der Waals surface area contributed by atoms with E-state index in [0.29, 0.717) is 60.6 Å². The van der Waals surface area contributed by atoms with Crippen LogP contribution in [0, 0.1) is 0 Å². The number of ether oxygens (including phenoxy) is 2. The van der Waals surface area contributed by atoms with Crippen LogP contribution < -0.4 is 10.3 Å². The van der Waals surface area contributed by atoms with Gasteiger partial charge in [-0.05, 0) is 86.7 Å². The van der Waals surface area contributed by atoms with Crippen LogP contribution in [0.15, 0.2) is 77.6 Å². The van der Waals surface area contributed by atoms with Crippen molar-refractivity contribution < 1.29 is 14.3 Å². The normalized spacial score (nSPS) is 11.9. The monoisotopic (exact) mass is 555 g/mol. The first-order valence-corrected chi connectivity index (χ1v) is 14.7. The molecule has 41 heavy (non-hydrogen) atoms. The van der Waals surface area contributed by atoms with E-state index in [1.54, 1.807) is 17.7 Å². The van der Waals surface area contributed by atoms with Crippen molar-refractivity contribution in [2.24, 2.45) is 0 Å². The molecule has 7 heteroatoms. The van der Waals surface area contributed by atoms with Gasteiger partial charge in [0.25, 0.3) is 11.5 Å². The van der Waals surface area contributed by atoms with E-state index in [2.05, 4.69) is 6.92 Å². The number of methoxy groups -OCH3 is 1. The zero-order valence-electron chi connectivity index (χ0n) is 24.6. The molecule has 7 nitrogen and oxygen atoms in total. The van der Waals surface area contributed by atoms with Crippen molar-refractivity contribution in [2.45, 2.75) is 58.9 Å². The third-order valence-electron chi connectivity index (χ3n) is 7.30. The molecule has 0 spiro atoms. The largest absolute Gasteiger partial charge is 0.494 e. The van der Waals surface area contributed by atoms with Crippen LogP contribution >= 0.6 is 0 Å². The van der Waals surface area contributed by atoms with E-state index in [-0.39, 0.29) is 11.5 Å². The Morgan fingerprint density at radius 2 is 1.68 bits per heavy atom. The molecule has 0 aliphatic carbocycles. The summed E-state index contributed by atoms with van der Waals surface area (Å²) in [7, 11) is 1.66. The highest BCUT2D eigenvalue weighted by Crippen LogP contribution is 2.28. The van der Waals surface area contributed by atoms with Gasteiger partial charge in [0, 0.05) is 25.8 Å². The summed E-state index contributed by atoms with van der Waals surface area (Å²) in [5.74, 6) is 1.17. The fourth-order valence-corrected chi connectivity index (χ4v) is 5.16. The van der Waals surface area contributed by atoms with Gasteiger partial charge in [-0.1, -0.05) is 44.5 Å². The van der Waals surface area contributed by atoms with Gasteiger partial charge in [-0.3, -0.25) is 14.2 Å². The molecular weight excluding hydrogens is 514 g/mol. The Hall–Kier alpha value is -3.97. The number of para-hydroxylation sites is 1. The van der Waals surface area contributed by atoms with Gasteiger partial charge in [0.05, 0.1) is 29.2 Å². The maximum absolute atomic E-state index is 14.1. The maximum atomic E-state index is 14.1. The summed E-state index contributed by atoms with van der Waals surface area (Å²) < 4.78 is 12.6. The van der Waals surface area contributed by atoms with Crippen molar-refractivity contribution in [2.75, 3.05) is 26.9 Å². The van der Waals surface area contributed by atoms with E-state index in [1.807, 2.05) is 85.5 Å². The van der Waals surface area contributed by atoms with Crippen LogP contribution in [0.2, 0.25) is 0 Å². The first-order valence-electron chi connectivity index (χ1n) is 14.7. The van der Waals surface area contributed by atoms with Crippen molar-refractivity contribution in [3.05, 3.63) is 100 Å². The highest BCUT2D eigenvalue weighted by Gasteiger charge is 2.29. The summed E-state index contributed by atoms with van der Waals surface area (Å²) in [6.45, 7) is 7.68. The molecule has 1 heterocycles. The first kappa shape index (κ1) is 30.0. The van der Waals surface area contributed by atoms with Crippen molar-refractivity contribution in [3.8, 4) is 11.4 Å². The van der Waals surface area contributed by atoms with Crippen molar-refractivity contribution in [1.82, 2.24) is 14.5 Å². The number of unbranched alkanes of at least 4 members (excludes halogenated alkanes) is 1. The van der Waals surface area contributed by atoms with Gasteiger partial charge < -0.3 is 14.4 Å².